The lowest BCUT2D eigenvalue weighted by atomic mass is 10.5. The van der Waals surface area contributed by atoms with E-state index in [2.05, 4.69) is 22.0 Å². The first-order valence-corrected chi connectivity index (χ1v) is 4.06. The Morgan fingerprint density at radius 3 is 3.25 bits per heavy atom. The minimum Gasteiger partial charge on any atom is -0.306 e. The molecule has 0 atom stereocenters. The Morgan fingerprint density at radius 2 is 2.58 bits per heavy atom. The Hall–Kier alpha value is -1.16. The van der Waals surface area contributed by atoms with E-state index in [1.165, 1.54) is 0 Å². The molecule has 66 valence electrons. The van der Waals surface area contributed by atoms with Crippen molar-refractivity contribution in [3.8, 4) is 0 Å². The average Bonchev–Trinajstić information content (AvgIpc) is 2.52. The van der Waals surface area contributed by atoms with Crippen molar-refractivity contribution in [2.24, 2.45) is 0 Å². The van der Waals surface area contributed by atoms with E-state index in [1.54, 1.807) is 6.33 Å². The molecule has 0 radical (unpaired) electrons. The van der Waals surface area contributed by atoms with Crippen LogP contribution in [0.25, 0.3) is 0 Å². The van der Waals surface area contributed by atoms with Gasteiger partial charge in [0.05, 0.1) is 6.54 Å². The van der Waals surface area contributed by atoms with Crippen LogP contribution in [0, 0.1) is 0 Å². The van der Waals surface area contributed by atoms with Gasteiger partial charge in [-0.05, 0) is 6.92 Å². The van der Waals surface area contributed by atoms with E-state index in [4.69, 9.17) is 0 Å². The van der Waals surface area contributed by atoms with Gasteiger partial charge in [0, 0.05) is 13.1 Å². The van der Waals surface area contributed by atoms with Crippen molar-refractivity contribution >= 4 is 0 Å². The van der Waals surface area contributed by atoms with Crippen molar-refractivity contribution in [1.29, 1.82) is 0 Å². The van der Waals surface area contributed by atoms with Crippen LogP contribution in [-0.2, 0) is 13.1 Å². The van der Waals surface area contributed by atoms with E-state index < -0.39 is 0 Å². The van der Waals surface area contributed by atoms with Crippen molar-refractivity contribution in [2.45, 2.75) is 20.0 Å². The van der Waals surface area contributed by atoms with E-state index in [0.29, 0.717) is 0 Å². The van der Waals surface area contributed by atoms with Gasteiger partial charge >= 0.3 is 0 Å². The van der Waals surface area contributed by atoms with E-state index in [-0.39, 0.29) is 0 Å². The molecule has 0 aliphatic rings. The third kappa shape index (κ3) is 2.17. The summed E-state index contributed by atoms with van der Waals surface area (Å²) in [6.07, 6.45) is 3.40. The normalized spacial score (nSPS) is 10.1. The molecule has 0 bridgehead atoms. The lowest BCUT2D eigenvalue weighted by molar-refractivity contribution is 0.586. The molecule has 0 saturated heterocycles. The first-order valence-electron chi connectivity index (χ1n) is 4.06. The van der Waals surface area contributed by atoms with Gasteiger partial charge in [-0.3, -0.25) is 0 Å². The first-order chi connectivity index (χ1) is 5.88. The largest absolute Gasteiger partial charge is 0.306 e. The van der Waals surface area contributed by atoms with Crippen LogP contribution in [0.1, 0.15) is 12.7 Å². The predicted octanol–water partition coefficient (Wildman–Crippen LogP) is 0.574. The number of aryl methyl sites for hydroxylation is 1. The van der Waals surface area contributed by atoms with Crippen LogP contribution in [0.2, 0.25) is 0 Å². The highest BCUT2D eigenvalue weighted by molar-refractivity contribution is 4.84. The molecule has 0 unspecified atom stereocenters. The van der Waals surface area contributed by atoms with Crippen LogP contribution in [0.15, 0.2) is 19.0 Å². The van der Waals surface area contributed by atoms with E-state index >= 15 is 0 Å². The van der Waals surface area contributed by atoms with Crippen molar-refractivity contribution < 1.29 is 0 Å². The smallest absolute Gasteiger partial charge is 0.140 e. The summed E-state index contributed by atoms with van der Waals surface area (Å²) in [5.74, 6) is 0.972. The summed E-state index contributed by atoms with van der Waals surface area (Å²) in [6.45, 7) is 8.08. The van der Waals surface area contributed by atoms with Crippen LogP contribution < -0.4 is 5.32 Å². The highest BCUT2D eigenvalue weighted by Gasteiger charge is 1.99. The van der Waals surface area contributed by atoms with Gasteiger partial charge in [0.2, 0.25) is 0 Å². The Morgan fingerprint density at radius 1 is 1.75 bits per heavy atom. The summed E-state index contributed by atoms with van der Waals surface area (Å²) in [5.41, 5.74) is 0. The van der Waals surface area contributed by atoms with Gasteiger partial charge in [-0.1, -0.05) is 6.08 Å². The third-order valence-corrected chi connectivity index (χ3v) is 1.57. The van der Waals surface area contributed by atoms with Crippen LogP contribution in [0.4, 0.5) is 0 Å². The maximum absolute atomic E-state index is 4.11. The van der Waals surface area contributed by atoms with Crippen LogP contribution in [0.3, 0.4) is 0 Å². The molecule has 0 saturated carbocycles. The van der Waals surface area contributed by atoms with Crippen LogP contribution >= 0.6 is 0 Å². The highest BCUT2D eigenvalue weighted by atomic mass is 15.3. The standard InChI is InChI=1S/C8H14N4/c1-3-5-9-6-8-10-7-11-12(8)4-2/h3,7,9H,1,4-6H2,2H3. The lowest BCUT2D eigenvalue weighted by Crippen LogP contribution is -2.17. The monoisotopic (exact) mass is 166 g/mol. The second kappa shape index (κ2) is 4.66. The second-order valence-electron chi connectivity index (χ2n) is 2.41. The molecule has 1 N–H and O–H groups in total. The number of nitrogens with zero attached hydrogens (tertiary/aromatic N) is 3. The Kier molecular flexibility index (Phi) is 3.47. The minimum absolute atomic E-state index is 0.750. The number of hydrogen-bond acceptors (Lipinski definition) is 3. The first kappa shape index (κ1) is 8.93. The maximum atomic E-state index is 4.11. The van der Waals surface area contributed by atoms with Crippen LogP contribution in [-0.4, -0.2) is 21.3 Å². The van der Waals surface area contributed by atoms with E-state index in [0.717, 1.165) is 25.5 Å². The Bertz CT molecular complexity index is 241. The minimum atomic E-state index is 0.750. The molecule has 0 fully saturated rings. The van der Waals surface area contributed by atoms with E-state index in [9.17, 15) is 0 Å². The molecule has 0 aliphatic carbocycles. The predicted molar refractivity (Wildman–Crippen MR) is 47.6 cm³/mol. The average molecular weight is 166 g/mol. The van der Waals surface area contributed by atoms with E-state index in [1.807, 2.05) is 17.7 Å². The van der Waals surface area contributed by atoms with Crippen LogP contribution in [0.5, 0.6) is 0 Å². The molecule has 1 rings (SSSR count). The fourth-order valence-corrected chi connectivity index (χ4v) is 0.975. The zero-order valence-corrected chi connectivity index (χ0v) is 7.32. The maximum Gasteiger partial charge on any atom is 0.140 e. The van der Waals surface area contributed by atoms with Gasteiger partial charge < -0.3 is 5.32 Å². The summed E-state index contributed by atoms with van der Waals surface area (Å²) in [4.78, 5) is 4.11. The number of aromatic nitrogens is 3. The summed E-state index contributed by atoms with van der Waals surface area (Å²) >= 11 is 0. The van der Waals surface area contributed by atoms with Crippen molar-refractivity contribution in [2.75, 3.05) is 6.54 Å². The van der Waals surface area contributed by atoms with Gasteiger partial charge in [0.15, 0.2) is 0 Å². The molecular formula is C8H14N4. The quantitative estimate of drug-likeness (QED) is 0.514. The topological polar surface area (TPSA) is 42.7 Å². The van der Waals surface area contributed by atoms with Gasteiger partial charge in [0.1, 0.15) is 12.2 Å². The molecule has 4 nitrogen and oxygen atoms in total. The summed E-state index contributed by atoms with van der Waals surface area (Å²) in [5, 5.41) is 7.22. The molecule has 1 heterocycles. The summed E-state index contributed by atoms with van der Waals surface area (Å²) in [6, 6.07) is 0. The third-order valence-electron chi connectivity index (χ3n) is 1.57. The van der Waals surface area contributed by atoms with Gasteiger partial charge in [-0.2, -0.15) is 5.10 Å². The summed E-state index contributed by atoms with van der Waals surface area (Å²) in [7, 11) is 0. The molecule has 1 aromatic heterocycles. The molecule has 0 amide bonds. The zero-order chi connectivity index (χ0) is 8.81. The molecule has 0 spiro atoms. The molecular weight excluding hydrogens is 152 g/mol. The van der Waals surface area contributed by atoms with Gasteiger partial charge in [-0.25, -0.2) is 9.67 Å². The fourth-order valence-electron chi connectivity index (χ4n) is 0.975. The van der Waals surface area contributed by atoms with Gasteiger partial charge in [0.25, 0.3) is 0 Å². The summed E-state index contributed by atoms with van der Waals surface area (Å²) < 4.78 is 1.87. The molecule has 12 heavy (non-hydrogen) atoms. The number of rotatable bonds is 5. The second-order valence-corrected chi connectivity index (χ2v) is 2.41. The van der Waals surface area contributed by atoms with Crippen molar-refractivity contribution in [1.82, 2.24) is 20.1 Å². The Balaban J connectivity index is 2.44. The molecule has 0 aromatic carbocycles. The highest BCUT2D eigenvalue weighted by Crippen LogP contribution is 1.91. The number of hydrogen-bond donors (Lipinski definition) is 1. The molecule has 4 heteroatoms. The molecule has 0 aliphatic heterocycles. The number of nitrogens with one attached hydrogen (secondary N) is 1. The fraction of sp³-hybridized carbons (Fsp3) is 0.500. The van der Waals surface area contributed by atoms with Gasteiger partial charge in [-0.15, -0.1) is 6.58 Å². The SMILES string of the molecule is C=CCNCc1ncnn1CC. The molecule has 1 aromatic rings. The zero-order valence-electron chi connectivity index (χ0n) is 7.32. The van der Waals surface area contributed by atoms with Crippen molar-refractivity contribution in [3.63, 3.8) is 0 Å². The lowest BCUT2D eigenvalue weighted by Gasteiger charge is -2.02. The van der Waals surface area contributed by atoms with Crippen molar-refractivity contribution in [3.05, 3.63) is 24.8 Å². The Labute approximate surface area is 72.3 Å².